The molecule has 1 fully saturated rings. The van der Waals surface area contributed by atoms with Crippen LogP contribution in [0.2, 0.25) is 0 Å². The van der Waals surface area contributed by atoms with Crippen LogP contribution in [-0.2, 0) is 11.3 Å². The van der Waals surface area contributed by atoms with Crippen molar-refractivity contribution in [3.8, 4) is 0 Å². The van der Waals surface area contributed by atoms with E-state index < -0.39 is 5.91 Å². The van der Waals surface area contributed by atoms with Crippen LogP contribution in [0.1, 0.15) is 11.1 Å². The zero-order valence-electron chi connectivity index (χ0n) is 14.0. The van der Waals surface area contributed by atoms with Crippen LogP contribution >= 0.6 is 0 Å². The van der Waals surface area contributed by atoms with Gasteiger partial charge in [0.15, 0.2) is 0 Å². The zero-order valence-corrected chi connectivity index (χ0v) is 14.0. The lowest BCUT2D eigenvalue weighted by Gasteiger charge is -2.36. The van der Waals surface area contributed by atoms with Gasteiger partial charge in [-0.1, -0.05) is 18.2 Å². The second-order valence-corrected chi connectivity index (χ2v) is 5.99. The first kappa shape index (κ1) is 17.1. The highest BCUT2D eigenvalue weighted by atomic mass is 16.5. The summed E-state index contributed by atoms with van der Waals surface area (Å²) in [6.07, 6.45) is 6.72. The minimum atomic E-state index is -0.531. The molecule has 0 unspecified atom stereocenters. The molecular formula is C19H22N4O2. The van der Waals surface area contributed by atoms with Gasteiger partial charge in [-0.05, 0) is 35.4 Å². The van der Waals surface area contributed by atoms with E-state index in [4.69, 9.17) is 5.21 Å². The normalized spacial score (nSPS) is 15.5. The van der Waals surface area contributed by atoms with Crippen molar-refractivity contribution < 1.29 is 10.0 Å². The highest BCUT2D eigenvalue weighted by molar-refractivity contribution is 5.91. The third-order valence-corrected chi connectivity index (χ3v) is 4.33. The number of benzene rings is 1. The second-order valence-electron chi connectivity index (χ2n) is 5.99. The highest BCUT2D eigenvalue weighted by Gasteiger charge is 2.18. The Labute approximate surface area is 147 Å². The van der Waals surface area contributed by atoms with Gasteiger partial charge in [-0.3, -0.25) is 19.9 Å². The molecule has 130 valence electrons. The maximum Gasteiger partial charge on any atom is 0.267 e. The van der Waals surface area contributed by atoms with Crippen molar-refractivity contribution in [2.24, 2.45) is 0 Å². The lowest BCUT2D eigenvalue weighted by Crippen LogP contribution is -2.46. The lowest BCUT2D eigenvalue weighted by molar-refractivity contribution is -0.124. The maximum absolute atomic E-state index is 11.2. The van der Waals surface area contributed by atoms with Gasteiger partial charge in [0, 0.05) is 56.9 Å². The molecule has 1 aliphatic rings. The Hall–Kier alpha value is -2.70. The first-order valence-corrected chi connectivity index (χ1v) is 8.33. The average Bonchev–Trinajstić information content (AvgIpc) is 2.68. The van der Waals surface area contributed by atoms with E-state index in [1.165, 1.54) is 11.6 Å². The van der Waals surface area contributed by atoms with Crippen molar-refractivity contribution in [1.82, 2.24) is 15.4 Å². The van der Waals surface area contributed by atoms with Gasteiger partial charge in [0.05, 0.1) is 0 Å². The quantitative estimate of drug-likeness (QED) is 0.495. The van der Waals surface area contributed by atoms with Crippen LogP contribution in [0.5, 0.6) is 0 Å². The number of piperazine rings is 1. The summed E-state index contributed by atoms with van der Waals surface area (Å²) in [6.45, 7) is 4.77. The van der Waals surface area contributed by atoms with Crippen molar-refractivity contribution in [3.63, 3.8) is 0 Å². The van der Waals surface area contributed by atoms with Crippen molar-refractivity contribution in [1.29, 1.82) is 0 Å². The summed E-state index contributed by atoms with van der Waals surface area (Å²) in [5, 5.41) is 8.61. The number of carbonyl (C=O) groups excluding carboxylic acids is 1. The van der Waals surface area contributed by atoms with E-state index >= 15 is 0 Å². The fraction of sp³-hybridized carbons (Fsp3) is 0.263. The van der Waals surface area contributed by atoms with Gasteiger partial charge in [-0.2, -0.15) is 0 Å². The number of nitrogens with zero attached hydrogens (tertiary/aromatic N) is 3. The molecule has 0 radical (unpaired) electrons. The lowest BCUT2D eigenvalue weighted by atomic mass is 10.1. The van der Waals surface area contributed by atoms with Crippen LogP contribution in [0.4, 0.5) is 5.69 Å². The molecule has 3 rings (SSSR count). The number of rotatable bonds is 5. The van der Waals surface area contributed by atoms with Gasteiger partial charge < -0.3 is 4.90 Å². The van der Waals surface area contributed by atoms with E-state index in [-0.39, 0.29) is 0 Å². The first-order chi connectivity index (χ1) is 12.3. The molecule has 2 aromatic rings. The molecule has 0 spiro atoms. The molecule has 1 amide bonds. The minimum Gasteiger partial charge on any atom is -0.368 e. The Morgan fingerprint density at radius 1 is 1.12 bits per heavy atom. The van der Waals surface area contributed by atoms with E-state index in [9.17, 15) is 4.79 Å². The summed E-state index contributed by atoms with van der Waals surface area (Å²) < 4.78 is 0. The summed E-state index contributed by atoms with van der Waals surface area (Å²) in [5.74, 6) is -0.531. The van der Waals surface area contributed by atoms with E-state index in [1.807, 2.05) is 30.6 Å². The van der Waals surface area contributed by atoms with Crippen molar-refractivity contribution in [2.45, 2.75) is 6.54 Å². The summed E-state index contributed by atoms with van der Waals surface area (Å²) in [5.41, 5.74) is 4.96. The van der Waals surface area contributed by atoms with Crippen molar-refractivity contribution in [3.05, 3.63) is 66.0 Å². The molecule has 0 aliphatic carbocycles. The average molecular weight is 338 g/mol. The Morgan fingerprint density at radius 2 is 1.84 bits per heavy atom. The van der Waals surface area contributed by atoms with E-state index in [2.05, 4.69) is 33.0 Å². The standard InChI is InChI=1S/C19H22N4O2/c24-19(21-25)6-5-17-3-1-2-4-18(17)23-13-11-22(12-14-23)15-16-7-9-20-10-8-16/h1-10,25H,11-15H2,(H,21,24)/b6-5+. The predicted octanol–water partition coefficient (Wildman–Crippen LogP) is 1.92. The number of para-hydroxylation sites is 1. The predicted molar refractivity (Wildman–Crippen MR) is 97.1 cm³/mol. The number of aromatic nitrogens is 1. The van der Waals surface area contributed by atoms with Crippen molar-refractivity contribution in [2.75, 3.05) is 31.1 Å². The SMILES string of the molecule is O=C(/C=C/c1ccccc1N1CCN(Cc2ccncc2)CC1)NO. The Balaban J connectivity index is 1.63. The molecular weight excluding hydrogens is 316 g/mol. The van der Waals surface area contributed by atoms with Gasteiger partial charge in [0.25, 0.3) is 5.91 Å². The van der Waals surface area contributed by atoms with Crippen LogP contribution in [0, 0.1) is 0 Å². The summed E-state index contributed by atoms with van der Waals surface area (Å²) in [6, 6.07) is 12.1. The fourth-order valence-corrected chi connectivity index (χ4v) is 3.01. The largest absolute Gasteiger partial charge is 0.368 e. The number of hydroxylamine groups is 1. The van der Waals surface area contributed by atoms with Crippen molar-refractivity contribution >= 4 is 17.7 Å². The molecule has 0 atom stereocenters. The number of carbonyl (C=O) groups is 1. The molecule has 25 heavy (non-hydrogen) atoms. The van der Waals surface area contributed by atoms with Crippen LogP contribution in [0.3, 0.4) is 0 Å². The molecule has 1 aliphatic heterocycles. The Morgan fingerprint density at radius 3 is 2.56 bits per heavy atom. The molecule has 0 saturated carbocycles. The smallest absolute Gasteiger partial charge is 0.267 e. The van der Waals surface area contributed by atoms with E-state index in [1.54, 1.807) is 11.6 Å². The summed E-state index contributed by atoms with van der Waals surface area (Å²) in [4.78, 5) is 20.0. The number of amides is 1. The van der Waals surface area contributed by atoms with Crippen LogP contribution in [0.15, 0.2) is 54.9 Å². The first-order valence-electron chi connectivity index (χ1n) is 8.33. The van der Waals surface area contributed by atoms with E-state index in [0.717, 1.165) is 44.0 Å². The molecule has 2 N–H and O–H groups in total. The second kappa shape index (κ2) is 8.41. The Kier molecular flexibility index (Phi) is 5.77. The minimum absolute atomic E-state index is 0.531. The molecule has 2 heterocycles. The number of nitrogens with one attached hydrogen (secondary N) is 1. The van der Waals surface area contributed by atoms with Gasteiger partial charge in [0.2, 0.25) is 0 Å². The monoisotopic (exact) mass is 338 g/mol. The molecule has 1 saturated heterocycles. The fourth-order valence-electron chi connectivity index (χ4n) is 3.01. The zero-order chi connectivity index (χ0) is 17.5. The number of hydrogen-bond acceptors (Lipinski definition) is 5. The highest BCUT2D eigenvalue weighted by Crippen LogP contribution is 2.23. The van der Waals surface area contributed by atoms with E-state index in [0.29, 0.717) is 0 Å². The Bertz CT molecular complexity index is 725. The summed E-state index contributed by atoms with van der Waals surface area (Å²) >= 11 is 0. The van der Waals surface area contributed by atoms with Gasteiger partial charge in [0.1, 0.15) is 0 Å². The van der Waals surface area contributed by atoms with Gasteiger partial charge >= 0.3 is 0 Å². The van der Waals surface area contributed by atoms with Crippen LogP contribution < -0.4 is 10.4 Å². The third-order valence-electron chi connectivity index (χ3n) is 4.33. The summed E-state index contributed by atoms with van der Waals surface area (Å²) in [7, 11) is 0. The molecule has 1 aromatic heterocycles. The van der Waals surface area contributed by atoms with Gasteiger partial charge in [-0.15, -0.1) is 0 Å². The third kappa shape index (κ3) is 4.65. The molecule has 6 heteroatoms. The number of pyridine rings is 1. The molecule has 6 nitrogen and oxygen atoms in total. The number of anilines is 1. The maximum atomic E-state index is 11.2. The van der Waals surface area contributed by atoms with Crippen LogP contribution in [0.25, 0.3) is 6.08 Å². The van der Waals surface area contributed by atoms with Gasteiger partial charge in [-0.25, -0.2) is 5.48 Å². The molecule has 1 aromatic carbocycles. The number of hydrogen-bond donors (Lipinski definition) is 2. The molecule has 0 bridgehead atoms. The van der Waals surface area contributed by atoms with Crippen LogP contribution in [-0.4, -0.2) is 47.2 Å². The topological polar surface area (TPSA) is 68.7 Å².